The fraction of sp³-hybridized carbons (Fsp3) is 0.273. The van der Waals surface area contributed by atoms with Crippen LogP contribution in [0.2, 0.25) is 10.0 Å². The number of Topliss-reactive ketones (excluding diaryl/α,β-unsaturated/α-hetero) is 1. The molecule has 1 aromatic rings. The summed E-state index contributed by atoms with van der Waals surface area (Å²) in [6.45, 7) is 1.46. The van der Waals surface area contributed by atoms with Crippen molar-refractivity contribution in [2.45, 2.75) is 13.3 Å². The molecule has 1 N–H and O–H groups in total. The molecule has 0 fully saturated rings. The smallest absolute Gasteiger partial charge is 0.306 e. The van der Waals surface area contributed by atoms with E-state index in [-0.39, 0.29) is 27.8 Å². The number of ketones is 1. The molecule has 0 saturated carbocycles. The summed E-state index contributed by atoms with van der Waals surface area (Å²) in [6, 6.07) is 4.72. The Morgan fingerprint density at radius 2 is 1.81 bits per heavy atom. The number of carbonyl (C=O) groups is 2. The molecular weight excluding hydrogens is 251 g/mol. The lowest BCUT2D eigenvalue weighted by atomic mass is 10.00. The fourth-order valence-corrected chi connectivity index (χ4v) is 1.84. The summed E-state index contributed by atoms with van der Waals surface area (Å²) in [4.78, 5) is 22.4. The lowest BCUT2D eigenvalue weighted by molar-refractivity contribution is -0.141. The lowest BCUT2D eigenvalue weighted by Gasteiger charge is -2.08. The number of benzene rings is 1. The second kappa shape index (κ2) is 5.32. The highest BCUT2D eigenvalue weighted by Crippen LogP contribution is 2.26. The van der Waals surface area contributed by atoms with Crippen molar-refractivity contribution in [1.82, 2.24) is 0 Å². The molecule has 0 amide bonds. The molecule has 0 aliphatic carbocycles. The molecule has 86 valence electrons. The normalized spacial score (nSPS) is 12.2. The number of carboxylic acids is 1. The molecule has 1 rings (SSSR count). The highest BCUT2D eigenvalue weighted by atomic mass is 35.5. The number of carbonyl (C=O) groups excluding carboxylic acids is 1. The summed E-state index contributed by atoms with van der Waals surface area (Å²) in [5, 5.41) is 9.19. The van der Waals surface area contributed by atoms with Crippen molar-refractivity contribution < 1.29 is 14.7 Å². The minimum absolute atomic E-state index is 0.112. The maximum absolute atomic E-state index is 11.8. The van der Waals surface area contributed by atoms with Crippen LogP contribution in [0, 0.1) is 5.92 Å². The van der Waals surface area contributed by atoms with Gasteiger partial charge in [-0.2, -0.15) is 0 Å². The topological polar surface area (TPSA) is 54.4 Å². The standard InChI is InChI=1S/C11H10Cl2O3/c1-6(11(15)16)5-9(14)10-7(12)3-2-4-8(10)13/h2-4,6H,5H2,1H3,(H,15,16). The van der Waals surface area contributed by atoms with Crippen LogP contribution in [0.4, 0.5) is 0 Å². The van der Waals surface area contributed by atoms with Gasteiger partial charge in [0.15, 0.2) is 5.78 Å². The van der Waals surface area contributed by atoms with Crippen LogP contribution in [-0.2, 0) is 4.79 Å². The van der Waals surface area contributed by atoms with Gasteiger partial charge in [-0.15, -0.1) is 0 Å². The van der Waals surface area contributed by atoms with Gasteiger partial charge in [-0.05, 0) is 12.1 Å². The minimum atomic E-state index is -1.02. The zero-order valence-electron chi connectivity index (χ0n) is 8.54. The van der Waals surface area contributed by atoms with Crippen LogP contribution in [0.3, 0.4) is 0 Å². The van der Waals surface area contributed by atoms with Gasteiger partial charge in [0.05, 0.1) is 21.5 Å². The van der Waals surface area contributed by atoms with E-state index in [0.29, 0.717) is 0 Å². The molecule has 0 heterocycles. The Hall–Kier alpha value is -1.06. The van der Waals surface area contributed by atoms with E-state index in [1.807, 2.05) is 0 Å². The van der Waals surface area contributed by atoms with E-state index in [9.17, 15) is 9.59 Å². The summed E-state index contributed by atoms with van der Waals surface area (Å²) < 4.78 is 0. The van der Waals surface area contributed by atoms with E-state index < -0.39 is 11.9 Å². The Bertz CT molecular complexity index is 409. The third kappa shape index (κ3) is 2.97. The van der Waals surface area contributed by atoms with Crippen molar-refractivity contribution in [2.75, 3.05) is 0 Å². The van der Waals surface area contributed by atoms with Crippen molar-refractivity contribution in [3.63, 3.8) is 0 Å². The van der Waals surface area contributed by atoms with Gasteiger partial charge in [-0.25, -0.2) is 0 Å². The van der Waals surface area contributed by atoms with Gasteiger partial charge in [0.2, 0.25) is 0 Å². The molecule has 0 radical (unpaired) electrons. The van der Waals surface area contributed by atoms with Gasteiger partial charge in [0.1, 0.15) is 0 Å². The Morgan fingerprint density at radius 3 is 2.25 bits per heavy atom. The van der Waals surface area contributed by atoms with Crippen LogP contribution in [0.15, 0.2) is 18.2 Å². The molecule has 0 aliphatic heterocycles. The van der Waals surface area contributed by atoms with E-state index in [1.54, 1.807) is 18.2 Å². The summed E-state index contributed by atoms with van der Waals surface area (Å²) in [7, 11) is 0. The van der Waals surface area contributed by atoms with Crippen molar-refractivity contribution >= 4 is 35.0 Å². The highest BCUT2D eigenvalue weighted by Gasteiger charge is 2.20. The number of hydrogen-bond acceptors (Lipinski definition) is 2. The van der Waals surface area contributed by atoms with Gasteiger partial charge in [0, 0.05) is 6.42 Å². The number of rotatable bonds is 4. The van der Waals surface area contributed by atoms with Gasteiger partial charge < -0.3 is 5.11 Å². The van der Waals surface area contributed by atoms with Crippen LogP contribution < -0.4 is 0 Å². The highest BCUT2D eigenvalue weighted by molar-refractivity contribution is 6.39. The molecule has 1 unspecified atom stereocenters. The van der Waals surface area contributed by atoms with Crippen molar-refractivity contribution in [2.24, 2.45) is 5.92 Å². The van der Waals surface area contributed by atoms with Gasteiger partial charge in [-0.3, -0.25) is 9.59 Å². The number of carboxylic acid groups (broad SMARTS) is 1. The molecule has 0 spiro atoms. The van der Waals surface area contributed by atoms with Gasteiger partial charge in [0.25, 0.3) is 0 Å². The summed E-state index contributed by atoms with van der Waals surface area (Å²) >= 11 is 11.7. The quantitative estimate of drug-likeness (QED) is 0.846. The first kappa shape index (κ1) is 13.0. The molecule has 1 aromatic carbocycles. The van der Waals surface area contributed by atoms with Gasteiger partial charge >= 0.3 is 5.97 Å². The van der Waals surface area contributed by atoms with Gasteiger partial charge in [-0.1, -0.05) is 36.2 Å². The minimum Gasteiger partial charge on any atom is -0.481 e. The second-order valence-corrected chi connectivity index (χ2v) is 4.28. The number of hydrogen-bond donors (Lipinski definition) is 1. The second-order valence-electron chi connectivity index (χ2n) is 3.46. The lowest BCUT2D eigenvalue weighted by Crippen LogP contribution is -2.15. The van der Waals surface area contributed by atoms with Crippen molar-refractivity contribution in [3.8, 4) is 0 Å². The summed E-state index contributed by atoms with van der Waals surface area (Å²) in [5.41, 5.74) is 0.193. The Kier molecular flexibility index (Phi) is 4.33. The predicted octanol–water partition coefficient (Wildman–Crippen LogP) is 3.29. The van der Waals surface area contributed by atoms with E-state index in [0.717, 1.165) is 0 Å². The fourth-order valence-electron chi connectivity index (χ4n) is 1.23. The third-order valence-electron chi connectivity index (χ3n) is 2.15. The van der Waals surface area contributed by atoms with Crippen LogP contribution in [-0.4, -0.2) is 16.9 Å². The van der Waals surface area contributed by atoms with E-state index in [4.69, 9.17) is 28.3 Å². The van der Waals surface area contributed by atoms with E-state index >= 15 is 0 Å². The first-order valence-corrected chi connectivity index (χ1v) is 5.39. The zero-order valence-corrected chi connectivity index (χ0v) is 10.0. The van der Waals surface area contributed by atoms with Crippen LogP contribution in [0.5, 0.6) is 0 Å². The molecular formula is C11H10Cl2O3. The Balaban J connectivity index is 2.93. The monoisotopic (exact) mass is 260 g/mol. The van der Waals surface area contributed by atoms with Crippen LogP contribution in [0.1, 0.15) is 23.7 Å². The SMILES string of the molecule is CC(CC(=O)c1c(Cl)cccc1Cl)C(=O)O. The van der Waals surface area contributed by atoms with Crippen molar-refractivity contribution in [3.05, 3.63) is 33.8 Å². The summed E-state index contributed by atoms with van der Waals surface area (Å²) in [5.74, 6) is -2.12. The molecule has 0 saturated heterocycles. The summed E-state index contributed by atoms with van der Waals surface area (Å²) in [6.07, 6.45) is -0.112. The van der Waals surface area contributed by atoms with Crippen molar-refractivity contribution in [1.29, 1.82) is 0 Å². The van der Waals surface area contributed by atoms with Crippen LogP contribution >= 0.6 is 23.2 Å². The van der Waals surface area contributed by atoms with Crippen LogP contribution in [0.25, 0.3) is 0 Å². The largest absolute Gasteiger partial charge is 0.481 e. The predicted molar refractivity (Wildman–Crippen MR) is 62.2 cm³/mol. The number of aliphatic carboxylic acids is 1. The maximum Gasteiger partial charge on any atom is 0.306 e. The molecule has 0 bridgehead atoms. The average Bonchev–Trinajstić information content (AvgIpc) is 2.16. The zero-order chi connectivity index (χ0) is 12.3. The molecule has 0 aromatic heterocycles. The Morgan fingerprint density at radius 1 is 1.31 bits per heavy atom. The van der Waals surface area contributed by atoms with E-state index in [2.05, 4.69) is 0 Å². The molecule has 1 atom stereocenters. The average molecular weight is 261 g/mol. The molecule has 16 heavy (non-hydrogen) atoms. The third-order valence-corrected chi connectivity index (χ3v) is 2.78. The number of halogens is 2. The Labute approximate surface area is 103 Å². The maximum atomic E-state index is 11.8. The first-order valence-electron chi connectivity index (χ1n) is 4.63. The first-order chi connectivity index (χ1) is 7.43. The molecule has 0 aliphatic rings. The van der Waals surface area contributed by atoms with E-state index in [1.165, 1.54) is 6.92 Å². The molecule has 3 nitrogen and oxygen atoms in total. The molecule has 5 heteroatoms.